The molecule has 1 atom stereocenters. The molecule has 0 saturated carbocycles. The van der Waals surface area contributed by atoms with Crippen molar-refractivity contribution in [1.82, 2.24) is 14.9 Å². The molecule has 158 valence electrons. The van der Waals surface area contributed by atoms with E-state index >= 15 is 0 Å². The van der Waals surface area contributed by atoms with Crippen molar-refractivity contribution < 1.29 is 14.2 Å². The molecule has 3 aromatic rings. The minimum absolute atomic E-state index is 0.681. The monoisotopic (exact) mass is 425 g/mol. The van der Waals surface area contributed by atoms with Crippen LogP contribution < -0.4 is 9.47 Å². The topological polar surface area (TPSA) is 56.7 Å². The molecule has 0 N–H and O–H groups in total. The summed E-state index contributed by atoms with van der Waals surface area (Å²) in [5, 5.41) is 1.10. The van der Waals surface area contributed by atoms with Gasteiger partial charge in [-0.3, -0.25) is 4.90 Å². The number of aromatic nitrogens is 2. The van der Waals surface area contributed by atoms with Crippen molar-refractivity contribution in [3.05, 3.63) is 40.5 Å². The number of thiophene rings is 1. The second-order valence-corrected chi connectivity index (χ2v) is 9.23. The molecule has 7 heteroatoms. The van der Waals surface area contributed by atoms with Gasteiger partial charge in [0.05, 0.1) is 32.3 Å². The third kappa shape index (κ3) is 4.02. The maximum Gasteiger partial charge on any atom is 0.231 e. The predicted octanol–water partition coefficient (Wildman–Crippen LogP) is 4.45. The largest absolute Gasteiger partial charge is 0.497 e. The van der Waals surface area contributed by atoms with Crippen LogP contribution in [0.15, 0.2) is 24.3 Å². The van der Waals surface area contributed by atoms with Crippen molar-refractivity contribution in [2.75, 3.05) is 33.4 Å². The van der Waals surface area contributed by atoms with Gasteiger partial charge < -0.3 is 14.2 Å². The van der Waals surface area contributed by atoms with Crippen LogP contribution in [0.2, 0.25) is 0 Å². The summed E-state index contributed by atoms with van der Waals surface area (Å²) in [5.74, 6) is 3.79. The van der Waals surface area contributed by atoms with E-state index in [9.17, 15) is 0 Å². The number of nitrogens with zero attached hydrogens (tertiary/aromatic N) is 3. The Morgan fingerprint density at radius 2 is 1.90 bits per heavy atom. The molecule has 1 saturated heterocycles. The average molecular weight is 426 g/mol. The van der Waals surface area contributed by atoms with Crippen molar-refractivity contribution in [2.24, 2.45) is 5.92 Å². The highest BCUT2D eigenvalue weighted by Gasteiger charge is 2.25. The zero-order valence-electron chi connectivity index (χ0n) is 17.5. The second-order valence-electron chi connectivity index (χ2n) is 8.14. The molecule has 5 rings (SSSR count). The fraction of sp³-hybridized carbons (Fsp3) is 0.478. The first-order valence-electron chi connectivity index (χ1n) is 10.6. The molecule has 1 fully saturated rings. The number of fused-ring (bicyclic) bond motifs is 3. The zero-order chi connectivity index (χ0) is 20.5. The minimum atomic E-state index is 0.681. The molecular weight excluding hydrogens is 398 g/mol. The van der Waals surface area contributed by atoms with Gasteiger partial charge in [0.15, 0.2) is 0 Å². The SMILES string of the molecule is COc1ccc(Oc2nc(CN3CCOCC3)nc3sc4c(c23)CC[C@@H](C)C4)cc1. The van der Waals surface area contributed by atoms with Crippen LogP contribution in [0.4, 0.5) is 0 Å². The summed E-state index contributed by atoms with van der Waals surface area (Å²) in [6.45, 7) is 6.41. The predicted molar refractivity (Wildman–Crippen MR) is 118 cm³/mol. The lowest BCUT2D eigenvalue weighted by atomic mass is 9.89. The summed E-state index contributed by atoms with van der Waals surface area (Å²) in [5.41, 5.74) is 1.38. The molecule has 0 unspecified atom stereocenters. The van der Waals surface area contributed by atoms with Gasteiger partial charge in [-0.15, -0.1) is 11.3 Å². The van der Waals surface area contributed by atoms with Crippen LogP contribution in [0.1, 0.15) is 29.6 Å². The molecule has 6 nitrogen and oxygen atoms in total. The lowest BCUT2D eigenvalue weighted by molar-refractivity contribution is 0.0330. The number of aryl methyl sites for hydroxylation is 1. The highest BCUT2D eigenvalue weighted by molar-refractivity contribution is 7.18. The van der Waals surface area contributed by atoms with E-state index in [-0.39, 0.29) is 0 Å². The van der Waals surface area contributed by atoms with E-state index in [2.05, 4.69) is 11.8 Å². The van der Waals surface area contributed by atoms with E-state index in [1.54, 1.807) is 7.11 Å². The van der Waals surface area contributed by atoms with Crippen molar-refractivity contribution in [3.63, 3.8) is 0 Å². The molecule has 2 aromatic heterocycles. The maximum atomic E-state index is 6.33. The van der Waals surface area contributed by atoms with Gasteiger partial charge in [-0.1, -0.05) is 6.92 Å². The lowest BCUT2D eigenvalue weighted by Gasteiger charge is -2.25. The Balaban J connectivity index is 1.53. The summed E-state index contributed by atoms with van der Waals surface area (Å²) in [7, 11) is 1.67. The molecule has 1 aliphatic carbocycles. The average Bonchev–Trinajstić information content (AvgIpc) is 3.12. The quantitative estimate of drug-likeness (QED) is 0.602. The summed E-state index contributed by atoms with van der Waals surface area (Å²) in [6.07, 6.45) is 3.40. The highest BCUT2D eigenvalue weighted by Crippen LogP contribution is 2.42. The number of morpholine rings is 1. The van der Waals surface area contributed by atoms with Gasteiger partial charge in [0, 0.05) is 18.0 Å². The molecule has 2 aliphatic rings. The molecule has 3 heterocycles. The van der Waals surface area contributed by atoms with Crippen molar-refractivity contribution >= 4 is 21.6 Å². The normalized spacial score (nSPS) is 19.6. The number of ether oxygens (including phenoxy) is 3. The number of hydrogen-bond acceptors (Lipinski definition) is 7. The van der Waals surface area contributed by atoms with E-state index in [0.717, 1.165) is 79.1 Å². The van der Waals surface area contributed by atoms with Gasteiger partial charge in [0.25, 0.3) is 0 Å². The fourth-order valence-corrected chi connectivity index (χ4v) is 5.60. The van der Waals surface area contributed by atoms with Crippen LogP contribution in [-0.4, -0.2) is 48.3 Å². The Hall–Kier alpha value is -2.22. The number of benzene rings is 1. The summed E-state index contributed by atoms with van der Waals surface area (Å²) < 4.78 is 17.1. The molecule has 0 radical (unpaired) electrons. The lowest BCUT2D eigenvalue weighted by Crippen LogP contribution is -2.36. The number of hydrogen-bond donors (Lipinski definition) is 0. The van der Waals surface area contributed by atoms with Crippen LogP contribution in [-0.2, 0) is 24.1 Å². The van der Waals surface area contributed by atoms with Crippen molar-refractivity contribution in [1.29, 1.82) is 0 Å². The van der Waals surface area contributed by atoms with Crippen molar-refractivity contribution in [2.45, 2.75) is 32.7 Å². The molecular formula is C23H27N3O3S. The summed E-state index contributed by atoms with van der Waals surface area (Å²) >= 11 is 1.82. The molecule has 0 bridgehead atoms. The van der Waals surface area contributed by atoms with E-state index in [1.165, 1.54) is 16.9 Å². The van der Waals surface area contributed by atoms with Gasteiger partial charge in [-0.05, 0) is 55.0 Å². The third-order valence-corrected chi connectivity index (χ3v) is 7.06. The standard InChI is InChI=1S/C23H27N3O3S/c1-15-3-8-18-19(13-15)30-23-21(18)22(29-17-6-4-16(27-2)5-7-17)24-20(25-23)14-26-9-11-28-12-10-26/h4-7,15H,3,8-14H2,1-2H3/t15-/m1/s1. The van der Waals surface area contributed by atoms with Crippen molar-refractivity contribution in [3.8, 4) is 17.4 Å². The van der Waals surface area contributed by atoms with Gasteiger partial charge in [0.1, 0.15) is 22.2 Å². The van der Waals surface area contributed by atoms with Gasteiger partial charge in [0.2, 0.25) is 5.88 Å². The van der Waals surface area contributed by atoms with E-state index < -0.39 is 0 Å². The first-order chi connectivity index (χ1) is 14.7. The summed E-state index contributed by atoms with van der Waals surface area (Å²) in [4.78, 5) is 14.7. The fourth-order valence-electron chi connectivity index (χ4n) is 4.21. The first kappa shape index (κ1) is 19.7. The van der Waals surface area contributed by atoms with Gasteiger partial charge in [-0.25, -0.2) is 4.98 Å². The first-order valence-corrected chi connectivity index (χ1v) is 11.4. The van der Waals surface area contributed by atoms with Crippen LogP contribution in [0.3, 0.4) is 0 Å². The minimum Gasteiger partial charge on any atom is -0.497 e. The second kappa shape index (κ2) is 8.49. The Morgan fingerprint density at radius 1 is 1.13 bits per heavy atom. The molecule has 1 aromatic carbocycles. The smallest absolute Gasteiger partial charge is 0.231 e. The van der Waals surface area contributed by atoms with Gasteiger partial charge >= 0.3 is 0 Å². The molecule has 30 heavy (non-hydrogen) atoms. The Kier molecular flexibility index (Phi) is 5.58. The van der Waals surface area contributed by atoms with Crippen LogP contribution in [0.5, 0.6) is 17.4 Å². The van der Waals surface area contributed by atoms with Crippen LogP contribution in [0.25, 0.3) is 10.2 Å². The van der Waals surface area contributed by atoms with Gasteiger partial charge in [-0.2, -0.15) is 4.98 Å². The summed E-state index contributed by atoms with van der Waals surface area (Å²) in [6, 6.07) is 7.67. The molecule has 0 amide bonds. The van der Waals surface area contributed by atoms with E-state index in [0.29, 0.717) is 5.88 Å². The maximum absolute atomic E-state index is 6.33. The molecule has 0 spiro atoms. The van der Waals surface area contributed by atoms with E-state index in [1.807, 2.05) is 35.6 Å². The number of methoxy groups -OCH3 is 1. The van der Waals surface area contributed by atoms with Crippen LogP contribution >= 0.6 is 11.3 Å². The molecule has 1 aliphatic heterocycles. The number of rotatable bonds is 5. The van der Waals surface area contributed by atoms with Crippen LogP contribution in [0, 0.1) is 5.92 Å². The highest BCUT2D eigenvalue weighted by atomic mass is 32.1. The third-order valence-electron chi connectivity index (χ3n) is 5.91. The Labute approximate surface area is 180 Å². The Morgan fingerprint density at radius 3 is 2.67 bits per heavy atom. The zero-order valence-corrected chi connectivity index (χ0v) is 18.3. The van der Waals surface area contributed by atoms with E-state index in [4.69, 9.17) is 24.2 Å². The Bertz CT molecular complexity index is 1030.